The van der Waals surface area contributed by atoms with Crippen molar-refractivity contribution < 1.29 is 19.2 Å². The number of piperidine rings is 1. The van der Waals surface area contributed by atoms with Crippen molar-refractivity contribution in [1.29, 1.82) is 0 Å². The van der Waals surface area contributed by atoms with E-state index >= 15 is 0 Å². The average molecular weight is 385 g/mol. The van der Waals surface area contributed by atoms with Crippen LogP contribution in [0.5, 0.6) is 0 Å². The molecule has 0 bridgehead atoms. The first kappa shape index (κ1) is 20.5. The number of nitrogens with zero attached hydrogens (tertiary/aromatic N) is 1. The standard InChI is InChI=1S/C17H28N4O4S/c1-12(22)19-17(5-4-8-21(11-17)13(2)23)15(25)20-16(14(24)18-3)6-9-26-10-7-16/h4-11H2,1-3H3,(H,18,24)(H,19,22)(H,20,25). The summed E-state index contributed by atoms with van der Waals surface area (Å²) < 4.78 is 0. The zero-order chi connectivity index (χ0) is 19.4. The summed E-state index contributed by atoms with van der Waals surface area (Å²) in [6, 6.07) is 0. The minimum atomic E-state index is -1.21. The maximum Gasteiger partial charge on any atom is 0.248 e. The molecule has 1 atom stereocenters. The highest BCUT2D eigenvalue weighted by atomic mass is 32.2. The van der Waals surface area contributed by atoms with Gasteiger partial charge in [-0.25, -0.2) is 0 Å². The van der Waals surface area contributed by atoms with Crippen molar-refractivity contribution in [2.75, 3.05) is 31.6 Å². The number of thioether (sulfide) groups is 1. The second-order valence-corrected chi connectivity index (χ2v) is 8.26. The van der Waals surface area contributed by atoms with Gasteiger partial charge in [0.2, 0.25) is 23.6 Å². The first-order valence-corrected chi connectivity index (χ1v) is 10.1. The minimum absolute atomic E-state index is 0.117. The molecule has 2 fully saturated rings. The molecule has 1 unspecified atom stereocenters. The molecule has 2 aliphatic rings. The van der Waals surface area contributed by atoms with Gasteiger partial charge in [-0.15, -0.1) is 0 Å². The molecule has 3 N–H and O–H groups in total. The quantitative estimate of drug-likeness (QED) is 0.613. The Hall–Kier alpha value is -1.77. The van der Waals surface area contributed by atoms with E-state index in [9.17, 15) is 19.2 Å². The number of rotatable bonds is 4. The van der Waals surface area contributed by atoms with Gasteiger partial charge in [0.15, 0.2) is 0 Å². The SMILES string of the molecule is CNC(=O)C1(NC(=O)C2(NC(C)=O)CCCN(C(C)=O)C2)CCSCC1. The zero-order valence-corrected chi connectivity index (χ0v) is 16.5. The van der Waals surface area contributed by atoms with E-state index in [1.807, 2.05) is 0 Å². The Morgan fingerprint density at radius 2 is 1.58 bits per heavy atom. The summed E-state index contributed by atoms with van der Waals surface area (Å²) in [5.41, 5.74) is -2.18. The largest absolute Gasteiger partial charge is 0.357 e. The van der Waals surface area contributed by atoms with Crippen LogP contribution < -0.4 is 16.0 Å². The third-order valence-corrected chi connectivity index (χ3v) is 6.13. The van der Waals surface area contributed by atoms with E-state index in [0.29, 0.717) is 32.2 Å². The number of likely N-dealkylation sites (N-methyl/N-ethyl adjacent to an activating group) is 1. The summed E-state index contributed by atoms with van der Waals surface area (Å²) in [6.45, 7) is 3.48. The Kier molecular flexibility index (Phi) is 6.54. The lowest BCUT2D eigenvalue weighted by molar-refractivity contribution is -0.143. The Morgan fingerprint density at radius 3 is 2.12 bits per heavy atom. The number of carbonyl (C=O) groups excluding carboxylic acids is 4. The van der Waals surface area contributed by atoms with E-state index in [-0.39, 0.29) is 24.3 Å². The molecule has 4 amide bonds. The lowest BCUT2D eigenvalue weighted by Gasteiger charge is -2.44. The Labute approximate surface area is 158 Å². The van der Waals surface area contributed by atoms with Crippen LogP contribution in [-0.4, -0.2) is 71.2 Å². The second-order valence-electron chi connectivity index (χ2n) is 7.04. The molecule has 2 saturated heterocycles. The highest BCUT2D eigenvalue weighted by molar-refractivity contribution is 7.99. The van der Waals surface area contributed by atoms with Crippen LogP contribution in [0, 0.1) is 0 Å². The van der Waals surface area contributed by atoms with Crippen molar-refractivity contribution >= 4 is 35.4 Å². The number of amides is 4. The summed E-state index contributed by atoms with van der Waals surface area (Å²) >= 11 is 1.75. The van der Waals surface area contributed by atoms with Crippen LogP contribution in [0.2, 0.25) is 0 Å². The molecule has 0 aromatic rings. The van der Waals surface area contributed by atoms with Gasteiger partial charge in [-0.2, -0.15) is 11.8 Å². The molecule has 26 heavy (non-hydrogen) atoms. The Bertz CT molecular complexity index is 591. The van der Waals surface area contributed by atoms with Gasteiger partial charge in [0, 0.05) is 27.4 Å². The minimum Gasteiger partial charge on any atom is -0.357 e. The van der Waals surface area contributed by atoms with E-state index < -0.39 is 17.0 Å². The summed E-state index contributed by atoms with van der Waals surface area (Å²) in [5, 5.41) is 8.35. The lowest BCUT2D eigenvalue weighted by Crippen LogP contribution is -2.71. The van der Waals surface area contributed by atoms with Gasteiger partial charge >= 0.3 is 0 Å². The molecule has 2 aliphatic heterocycles. The van der Waals surface area contributed by atoms with Crippen LogP contribution in [0.3, 0.4) is 0 Å². The molecule has 0 aromatic heterocycles. The van der Waals surface area contributed by atoms with Crippen molar-refractivity contribution in [2.24, 2.45) is 0 Å². The van der Waals surface area contributed by atoms with Gasteiger partial charge in [-0.3, -0.25) is 19.2 Å². The third-order valence-electron chi connectivity index (χ3n) is 5.15. The monoisotopic (exact) mass is 384 g/mol. The van der Waals surface area contributed by atoms with Crippen molar-refractivity contribution in [3.8, 4) is 0 Å². The molecule has 146 valence electrons. The molecule has 0 saturated carbocycles. The number of likely N-dealkylation sites (tertiary alicyclic amines) is 1. The van der Waals surface area contributed by atoms with Gasteiger partial charge in [0.05, 0.1) is 6.54 Å². The highest BCUT2D eigenvalue weighted by Crippen LogP contribution is 2.30. The smallest absolute Gasteiger partial charge is 0.248 e. The molecular formula is C17H28N4O4S. The van der Waals surface area contributed by atoms with E-state index in [1.165, 1.54) is 13.8 Å². The summed E-state index contributed by atoms with van der Waals surface area (Å²) in [5.74, 6) is 0.472. The first-order chi connectivity index (χ1) is 12.2. The zero-order valence-electron chi connectivity index (χ0n) is 15.6. The normalized spacial score (nSPS) is 25.1. The van der Waals surface area contributed by atoms with Crippen LogP contribution >= 0.6 is 11.8 Å². The molecular weight excluding hydrogens is 356 g/mol. The summed E-state index contributed by atoms with van der Waals surface area (Å²) in [6.07, 6.45) is 2.11. The number of nitrogens with one attached hydrogen (secondary N) is 3. The van der Waals surface area contributed by atoms with E-state index in [1.54, 1.807) is 23.7 Å². The number of carbonyl (C=O) groups is 4. The Balaban J connectivity index is 2.29. The molecule has 0 spiro atoms. The van der Waals surface area contributed by atoms with E-state index in [2.05, 4.69) is 16.0 Å². The van der Waals surface area contributed by atoms with E-state index in [4.69, 9.17) is 0 Å². The van der Waals surface area contributed by atoms with Gasteiger partial charge in [0.25, 0.3) is 0 Å². The fraction of sp³-hybridized carbons (Fsp3) is 0.765. The van der Waals surface area contributed by atoms with Crippen molar-refractivity contribution in [2.45, 2.75) is 50.6 Å². The van der Waals surface area contributed by atoms with Crippen molar-refractivity contribution in [3.05, 3.63) is 0 Å². The fourth-order valence-corrected chi connectivity index (χ4v) is 4.90. The van der Waals surface area contributed by atoms with Crippen LogP contribution in [0.15, 0.2) is 0 Å². The third kappa shape index (κ3) is 4.31. The van der Waals surface area contributed by atoms with Crippen LogP contribution in [0.4, 0.5) is 0 Å². The molecule has 0 radical (unpaired) electrons. The van der Waals surface area contributed by atoms with Gasteiger partial charge < -0.3 is 20.9 Å². The first-order valence-electron chi connectivity index (χ1n) is 8.91. The van der Waals surface area contributed by atoms with Gasteiger partial charge in [-0.1, -0.05) is 0 Å². The molecule has 2 heterocycles. The van der Waals surface area contributed by atoms with E-state index in [0.717, 1.165) is 11.5 Å². The average Bonchev–Trinajstić information content (AvgIpc) is 2.61. The molecule has 0 aliphatic carbocycles. The maximum atomic E-state index is 13.3. The fourth-order valence-electron chi connectivity index (χ4n) is 3.71. The van der Waals surface area contributed by atoms with Crippen LogP contribution in [0.1, 0.15) is 39.5 Å². The lowest BCUT2D eigenvalue weighted by atomic mass is 9.84. The molecule has 0 aromatic carbocycles. The second kappa shape index (κ2) is 8.28. The summed E-state index contributed by atoms with van der Waals surface area (Å²) in [7, 11) is 1.56. The van der Waals surface area contributed by atoms with Gasteiger partial charge in [-0.05, 0) is 37.2 Å². The summed E-state index contributed by atoms with van der Waals surface area (Å²) in [4.78, 5) is 51.0. The maximum absolute atomic E-state index is 13.3. The van der Waals surface area contributed by atoms with Crippen molar-refractivity contribution in [3.63, 3.8) is 0 Å². The topological polar surface area (TPSA) is 108 Å². The predicted molar refractivity (Wildman–Crippen MR) is 99.5 cm³/mol. The number of hydrogen-bond acceptors (Lipinski definition) is 5. The molecule has 9 heteroatoms. The van der Waals surface area contributed by atoms with Gasteiger partial charge in [0.1, 0.15) is 11.1 Å². The molecule has 2 rings (SSSR count). The van der Waals surface area contributed by atoms with Crippen LogP contribution in [-0.2, 0) is 19.2 Å². The van der Waals surface area contributed by atoms with Crippen LogP contribution in [0.25, 0.3) is 0 Å². The predicted octanol–water partition coefficient (Wildman–Crippen LogP) is -0.368. The Morgan fingerprint density at radius 1 is 0.923 bits per heavy atom. The highest BCUT2D eigenvalue weighted by Gasteiger charge is 2.49. The number of hydrogen-bond donors (Lipinski definition) is 3. The molecule has 8 nitrogen and oxygen atoms in total. The van der Waals surface area contributed by atoms with Crippen molar-refractivity contribution in [1.82, 2.24) is 20.9 Å².